The maximum absolute atomic E-state index is 13.0. The molecule has 20 heavy (non-hydrogen) atoms. The normalized spacial score (nSPS) is 12.7. The van der Waals surface area contributed by atoms with Crippen LogP contribution in [-0.4, -0.2) is 11.5 Å². The summed E-state index contributed by atoms with van der Waals surface area (Å²) in [7, 11) is 0. The Morgan fingerprint density at radius 2 is 1.80 bits per heavy atom. The summed E-state index contributed by atoms with van der Waals surface area (Å²) < 4.78 is 13.0. The first kappa shape index (κ1) is 12.9. The number of aromatic nitrogens is 1. The molecule has 1 aromatic heterocycles. The fourth-order valence-corrected chi connectivity index (χ4v) is 2.64. The highest BCUT2D eigenvalue weighted by molar-refractivity contribution is 5.83. The number of halogens is 1. The Morgan fingerprint density at radius 1 is 1.05 bits per heavy atom. The molecule has 0 saturated carbocycles. The van der Waals surface area contributed by atoms with E-state index in [1.54, 1.807) is 0 Å². The largest absolute Gasteiger partial charge is 0.361 e. The fourth-order valence-electron chi connectivity index (χ4n) is 2.64. The minimum absolute atomic E-state index is 0.204. The van der Waals surface area contributed by atoms with Gasteiger partial charge in [-0.2, -0.15) is 0 Å². The quantitative estimate of drug-likeness (QED) is 0.746. The molecule has 3 N–H and O–H groups in total. The van der Waals surface area contributed by atoms with Crippen LogP contribution in [0.15, 0.2) is 54.7 Å². The lowest BCUT2D eigenvalue weighted by atomic mass is 9.92. The lowest BCUT2D eigenvalue weighted by molar-refractivity contribution is 0.623. The SMILES string of the molecule is NCC(Cc1c[nH]c2ccccc12)c1ccc(F)cc1. The molecule has 0 fully saturated rings. The van der Waals surface area contributed by atoms with Gasteiger partial charge in [-0.3, -0.25) is 0 Å². The average Bonchev–Trinajstić information content (AvgIpc) is 2.89. The molecule has 3 rings (SSSR count). The number of aromatic amines is 1. The Balaban J connectivity index is 1.89. The van der Waals surface area contributed by atoms with Crippen molar-refractivity contribution in [2.75, 3.05) is 6.54 Å². The third kappa shape index (κ3) is 2.45. The van der Waals surface area contributed by atoms with E-state index in [9.17, 15) is 4.39 Å². The van der Waals surface area contributed by atoms with Crippen molar-refractivity contribution in [3.8, 4) is 0 Å². The number of nitrogens with two attached hydrogens (primary N) is 1. The second-order valence-electron chi connectivity index (χ2n) is 5.05. The van der Waals surface area contributed by atoms with Crippen molar-refractivity contribution >= 4 is 10.9 Å². The molecule has 3 aromatic rings. The predicted octanol–water partition coefficient (Wildman–Crippen LogP) is 3.59. The summed E-state index contributed by atoms with van der Waals surface area (Å²) in [6.07, 6.45) is 2.89. The van der Waals surface area contributed by atoms with E-state index in [0.717, 1.165) is 17.5 Å². The summed E-state index contributed by atoms with van der Waals surface area (Å²) in [6, 6.07) is 14.9. The molecule has 0 spiro atoms. The molecule has 2 aromatic carbocycles. The molecule has 0 amide bonds. The zero-order valence-electron chi connectivity index (χ0n) is 11.1. The van der Waals surface area contributed by atoms with Crippen LogP contribution in [0.4, 0.5) is 4.39 Å². The predicted molar refractivity (Wildman–Crippen MR) is 80.2 cm³/mol. The molecule has 0 bridgehead atoms. The van der Waals surface area contributed by atoms with Crippen LogP contribution < -0.4 is 5.73 Å². The standard InChI is InChI=1S/C17H17FN2/c18-15-7-5-12(6-8-15)13(10-19)9-14-11-20-17-4-2-1-3-16(14)17/h1-8,11,13,20H,9-10,19H2. The molecule has 0 radical (unpaired) electrons. The second kappa shape index (κ2) is 5.47. The molecule has 0 aliphatic carbocycles. The molecule has 2 nitrogen and oxygen atoms in total. The van der Waals surface area contributed by atoms with Crippen LogP contribution in [0.2, 0.25) is 0 Å². The molecule has 1 atom stereocenters. The third-order valence-electron chi connectivity index (χ3n) is 3.77. The first-order valence-electron chi connectivity index (χ1n) is 6.78. The first-order valence-corrected chi connectivity index (χ1v) is 6.78. The molecule has 0 aliphatic heterocycles. The van der Waals surface area contributed by atoms with Gasteiger partial charge < -0.3 is 10.7 Å². The first-order chi connectivity index (χ1) is 9.78. The Hall–Kier alpha value is -2.13. The maximum atomic E-state index is 13.0. The van der Waals surface area contributed by atoms with E-state index in [2.05, 4.69) is 17.1 Å². The van der Waals surface area contributed by atoms with Crippen LogP contribution in [0.5, 0.6) is 0 Å². The van der Waals surface area contributed by atoms with Crippen molar-refractivity contribution in [1.29, 1.82) is 0 Å². The molecular formula is C17H17FN2. The monoisotopic (exact) mass is 268 g/mol. The van der Waals surface area contributed by atoms with E-state index in [-0.39, 0.29) is 11.7 Å². The molecular weight excluding hydrogens is 251 g/mol. The second-order valence-corrected chi connectivity index (χ2v) is 5.05. The molecule has 3 heteroatoms. The van der Waals surface area contributed by atoms with Gasteiger partial charge in [-0.25, -0.2) is 4.39 Å². The van der Waals surface area contributed by atoms with E-state index in [1.165, 1.54) is 23.1 Å². The van der Waals surface area contributed by atoms with E-state index in [4.69, 9.17) is 5.73 Å². The van der Waals surface area contributed by atoms with Gasteiger partial charge in [0, 0.05) is 23.0 Å². The Labute approximate surface area is 117 Å². The summed E-state index contributed by atoms with van der Waals surface area (Å²) in [6.45, 7) is 0.547. The zero-order valence-corrected chi connectivity index (χ0v) is 11.1. The summed E-state index contributed by atoms with van der Waals surface area (Å²) in [5, 5.41) is 1.23. The molecule has 1 heterocycles. The van der Waals surface area contributed by atoms with Gasteiger partial charge in [0.1, 0.15) is 5.82 Å². The van der Waals surface area contributed by atoms with Crippen molar-refractivity contribution < 1.29 is 4.39 Å². The highest BCUT2D eigenvalue weighted by Gasteiger charge is 2.13. The summed E-state index contributed by atoms with van der Waals surface area (Å²) in [5.41, 5.74) is 9.37. The number of rotatable bonds is 4. The minimum atomic E-state index is -0.211. The number of hydrogen-bond donors (Lipinski definition) is 2. The van der Waals surface area contributed by atoms with Crippen LogP contribution in [0.3, 0.4) is 0 Å². The van der Waals surface area contributed by atoms with Gasteiger partial charge in [-0.05, 0) is 42.3 Å². The van der Waals surface area contributed by atoms with Crippen LogP contribution in [0.1, 0.15) is 17.0 Å². The lowest BCUT2D eigenvalue weighted by Gasteiger charge is -2.14. The highest BCUT2D eigenvalue weighted by atomic mass is 19.1. The van der Waals surface area contributed by atoms with Crippen molar-refractivity contribution in [3.63, 3.8) is 0 Å². The third-order valence-corrected chi connectivity index (χ3v) is 3.77. The molecule has 1 unspecified atom stereocenters. The number of hydrogen-bond acceptors (Lipinski definition) is 1. The number of H-pyrrole nitrogens is 1. The maximum Gasteiger partial charge on any atom is 0.123 e. The van der Waals surface area contributed by atoms with E-state index >= 15 is 0 Å². The Bertz CT molecular complexity index is 700. The van der Waals surface area contributed by atoms with Crippen molar-refractivity contribution in [1.82, 2.24) is 4.98 Å². The van der Waals surface area contributed by atoms with Crippen LogP contribution in [0, 0.1) is 5.82 Å². The van der Waals surface area contributed by atoms with E-state index in [1.807, 2.05) is 30.5 Å². The zero-order chi connectivity index (χ0) is 13.9. The Kier molecular flexibility index (Phi) is 3.52. The van der Waals surface area contributed by atoms with Crippen molar-refractivity contribution in [2.45, 2.75) is 12.3 Å². The van der Waals surface area contributed by atoms with Gasteiger partial charge in [0.15, 0.2) is 0 Å². The smallest absolute Gasteiger partial charge is 0.123 e. The highest BCUT2D eigenvalue weighted by Crippen LogP contribution is 2.25. The van der Waals surface area contributed by atoms with Crippen LogP contribution in [-0.2, 0) is 6.42 Å². The Morgan fingerprint density at radius 3 is 2.55 bits per heavy atom. The van der Waals surface area contributed by atoms with Gasteiger partial charge in [-0.15, -0.1) is 0 Å². The number of benzene rings is 2. The number of nitrogens with one attached hydrogen (secondary N) is 1. The van der Waals surface area contributed by atoms with Crippen molar-refractivity contribution in [3.05, 3.63) is 71.7 Å². The fraction of sp³-hybridized carbons (Fsp3) is 0.176. The van der Waals surface area contributed by atoms with E-state index < -0.39 is 0 Å². The van der Waals surface area contributed by atoms with Gasteiger partial charge in [0.05, 0.1) is 0 Å². The van der Waals surface area contributed by atoms with E-state index in [0.29, 0.717) is 6.54 Å². The van der Waals surface area contributed by atoms with Gasteiger partial charge in [0.25, 0.3) is 0 Å². The summed E-state index contributed by atoms with van der Waals surface area (Å²) in [4.78, 5) is 3.28. The van der Waals surface area contributed by atoms with Gasteiger partial charge in [-0.1, -0.05) is 30.3 Å². The van der Waals surface area contributed by atoms with Crippen molar-refractivity contribution in [2.24, 2.45) is 5.73 Å². The average molecular weight is 268 g/mol. The molecule has 102 valence electrons. The van der Waals surface area contributed by atoms with Crippen LogP contribution in [0.25, 0.3) is 10.9 Å². The molecule has 0 saturated heterocycles. The lowest BCUT2D eigenvalue weighted by Crippen LogP contribution is -2.14. The van der Waals surface area contributed by atoms with Crippen LogP contribution >= 0.6 is 0 Å². The minimum Gasteiger partial charge on any atom is -0.361 e. The summed E-state index contributed by atoms with van der Waals surface area (Å²) >= 11 is 0. The topological polar surface area (TPSA) is 41.8 Å². The number of para-hydroxylation sites is 1. The molecule has 0 aliphatic rings. The number of fused-ring (bicyclic) bond motifs is 1. The van der Waals surface area contributed by atoms with Gasteiger partial charge >= 0.3 is 0 Å². The summed E-state index contributed by atoms with van der Waals surface area (Å²) in [5.74, 6) is -0.00794. The van der Waals surface area contributed by atoms with Gasteiger partial charge in [0.2, 0.25) is 0 Å².